The van der Waals surface area contributed by atoms with Crippen LogP contribution in [0.3, 0.4) is 0 Å². The number of halogens is 5. The molecule has 0 spiro atoms. The molecule has 11 heteroatoms. The molecule has 96 valence electrons. The number of nitrogens with two attached hydrogens (primary N) is 1. The number of alkyl halides is 3. The maximum absolute atomic E-state index is 13.0. The highest BCUT2D eigenvalue weighted by atomic mass is 35.7. The Hall–Kier alpha value is -1.29. The molecular formula is C6H3ClF4N2O3S. The topological polar surface area (TPSA) is 82.3 Å². The van der Waals surface area contributed by atoms with E-state index in [-0.39, 0.29) is 0 Å². The molecule has 2 N–H and O–H groups in total. The minimum atomic E-state index is -5.12. The summed E-state index contributed by atoms with van der Waals surface area (Å²) in [5.74, 6) is -2.77. The van der Waals surface area contributed by atoms with E-state index in [1.165, 1.54) is 0 Å². The standard InChI is InChI=1S/C6H3ClF4N2O3S/c7-17(14,15)4-3(12)2(1-13-5(4)8)16-6(9,10)11/h1H,(H2,12,13). The lowest BCUT2D eigenvalue weighted by molar-refractivity contribution is -0.274. The Kier molecular flexibility index (Phi) is 3.39. The van der Waals surface area contributed by atoms with Crippen LogP contribution in [-0.2, 0) is 9.05 Å². The van der Waals surface area contributed by atoms with Gasteiger partial charge in [-0.3, -0.25) is 0 Å². The SMILES string of the molecule is Nc1c(OC(F)(F)F)cnc(F)c1S(=O)(=O)Cl. The van der Waals surface area contributed by atoms with Crippen molar-refractivity contribution in [3.8, 4) is 5.75 Å². The molecule has 0 atom stereocenters. The van der Waals surface area contributed by atoms with Crippen LogP contribution in [0.2, 0.25) is 0 Å². The van der Waals surface area contributed by atoms with E-state index in [0.717, 1.165) is 0 Å². The Balaban J connectivity index is 3.40. The molecule has 0 unspecified atom stereocenters. The lowest BCUT2D eigenvalue weighted by Crippen LogP contribution is -2.19. The predicted octanol–water partition coefficient (Wildman–Crippen LogP) is 1.63. The summed E-state index contributed by atoms with van der Waals surface area (Å²) in [7, 11) is 0.108. The van der Waals surface area contributed by atoms with Gasteiger partial charge in [-0.05, 0) is 0 Å². The molecule has 1 aromatic heterocycles. The molecule has 1 rings (SSSR count). The monoisotopic (exact) mass is 294 g/mol. The van der Waals surface area contributed by atoms with Gasteiger partial charge in [0.15, 0.2) is 10.6 Å². The number of hydrogen-bond acceptors (Lipinski definition) is 5. The van der Waals surface area contributed by atoms with Crippen molar-refractivity contribution in [1.82, 2.24) is 4.98 Å². The summed E-state index contributed by atoms with van der Waals surface area (Å²) in [6.07, 6.45) is -4.83. The quantitative estimate of drug-likeness (QED) is 0.509. The number of ether oxygens (including phenoxy) is 1. The average Bonchev–Trinajstić information content (AvgIpc) is 2.06. The Bertz CT molecular complexity index is 545. The van der Waals surface area contributed by atoms with Crippen LogP contribution < -0.4 is 10.5 Å². The molecule has 0 bridgehead atoms. The Labute approximate surface area is 96.6 Å². The van der Waals surface area contributed by atoms with Crippen molar-refractivity contribution >= 4 is 25.4 Å². The normalized spacial score (nSPS) is 12.5. The van der Waals surface area contributed by atoms with Crippen molar-refractivity contribution in [2.45, 2.75) is 11.3 Å². The molecule has 0 radical (unpaired) electrons. The molecule has 0 aliphatic rings. The van der Waals surface area contributed by atoms with Crippen LogP contribution in [0.4, 0.5) is 23.2 Å². The third-order valence-corrected chi connectivity index (χ3v) is 2.80. The van der Waals surface area contributed by atoms with E-state index in [1.54, 1.807) is 0 Å². The van der Waals surface area contributed by atoms with Crippen molar-refractivity contribution < 1.29 is 30.7 Å². The number of pyridine rings is 1. The van der Waals surface area contributed by atoms with E-state index >= 15 is 0 Å². The van der Waals surface area contributed by atoms with Gasteiger partial charge in [0.25, 0.3) is 9.05 Å². The Morgan fingerprint density at radius 2 is 1.94 bits per heavy atom. The van der Waals surface area contributed by atoms with E-state index < -0.39 is 37.7 Å². The zero-order chi connectivity index (χ0) is 13.4. The van der Waals surface area contributed by atoms with Gasteiger partial charge in [-0.15, -0.1) is 13.2 Å². The van der Waals surface area contributed by atoms with Crippen molar-refractivity contribution in [2.75, 3.05) is 5.73 Å². The summed E-state index contributed by atoms with van der Waals surface area (Å²) in [6.45, 7) is 0. The van der Waals surface area contributed by atoms with Crippen LogP contribution in [0.1, 0.15) is 0 Å². The highest BCUT2D eigenvalue weighted by Gasteiger charge is 2.34. The zero-order valence-corrected chi connectivity index (χ0v) is 9.20. The fourth-order valence-corrected chi connectivity index (χ4v) is 1.96. The molecule has 0 amide bonds. The predicted molar refractivity (Wildman–Crippen MR) is 48.3 cm³/mol. The first-order valence-electron chi connectivity index (χ1n) is 3.67. The molecule has 1 aromatic rings. The fourth-order valence-electron chi connectivity index (χ4n) is 0.904. The van der Waals surface area contributed by atoms with E-state index in [2.05, 4.69) is 9.72 Å². The third-order valence-electron chi connectivity index (χ3n) is 1.46. The highest BCUT2D eigenvalue weighted by molar-refractivity contribution is 8.13. The molecular weight excluding hydrogens is 292 g/mol. The number of aromatic nitrogens is 1. The zero-order valence-electron chi connectivity index (χ0n) is 7.62. The summed E-state index contributed by atoms with van der Waals surface area (Å²) in [5, 5.41) is 0. The van der Waals surface area contributed by atoms with Crippen molar-refractivity contribution in [3.05, 3.63) is 12.1 Å². The van der Waals surface area contributed by atoms with Gasteiger partial charge >= 0.3 is 6.36 Å². The second kappa shape index (κ2) is 4.18. The smallest absolute Gasteiger partial charge is 0.402 e. The first-order chi connectivity index (χ1) is 7.52. The van der Waals surface area contributed by atoms with Gasteiger partial charge in [-0.1, -0.05) is 0 Å². The van der Waals surface area contributed by atoms with Gasteiger partial charge in [0.1, 0.15) is 5.69 Å². The van der Waals surface area contributed by atoms with E-state index in [9.17, 15) is 26.0 Å². The van der Waals surface area contributed by atoms with E-state index in [1.807, 2.05) is 0 Å². The van der Waals surface area contributed by atoms with E-state index in [4.69, 9.17) is 16.4 Å². The molecule has 0 fully saturated rings. The highest BCUT2D eigenvalue weighted by Crippen LogP contribution is 2.34. The lowest BCUT2D eigenvalue weighted by Gasteiger charge is -2.12. The van der Waals surface area contributed by atoms with Crippen molar-refractivity contribution in [1.29, 1.82) is 0 Å². The minimum absolute atomic E-state index is 0.295. The molecule has 0 aromatic carbocycles. The average molecular weight is 295 g/mol. The van der Waals surface area contributed by atoms with Gasteiger partial charge in [-0.25, -0.2) is 13.4 Å². The van der Waals surface area contributed by atoms with Crippen LogP contribution in [0.25, 0.3) is 0 Å². The first kappa shape index (κ1) is 13.8. The number of anilines is 1. The second-order valence-corrected chi connectivity index (χ2v) is 5.14. The van der Waals surface area contributed by atoms with Gasteiger partial charge in [0.2, 0.25) is 5.95 Å². The number of rotatable bonds is 2. The number of nitrogen functional groups attached to an aromatic ring is 1. The Morgan fingerprint density at radius 1 is 1.41 bits per heavy atom. The summed E-state index contributed by atoms with van der Waals surface area (Å²) < 4.78 is 73.6. The maximum Gasteiger partial charge on any atom is 0.573 e. The molecule has 1 heterocycles. The van der Waals surface area contributed by atoms with Gasteiger partial charge in [0.05, 0.1) is 6.20 Å². The van der Waals surface area contributed by atoms with Crippen LogP contribution in [0.5, 0.6) is 5.75 Å². The van der Waals surface area contributed by atoms with Crippen LogP contribution in [0, 0.1) is 5.95 Å². The van der Waals surface area contributed by atoms with Gasteiger partial charge < -0.3 is 10.5 Å². The van der Waals surface area contributed by atoms with Crippen LogP contribution >= 0.6 is 10.7 Å². The summed E-state index contributed by atoms with van der Waals surface area (Å²) in [6, 6.07) is 0. The number of hydrogen-bond donors (Lipinski definition) is 1. The molecule has 17 heavy (non-hydrogen) atoms. The van der Waals surface area contributed by atoms with Crippen LogP contribution in [-0.4, -0.2) is 19.8 Å². The molecule has 0 saturated heterocycles. The number of nitrogens with zero attached hydrogens (tertiary/aromatic N) is 1. The minimum Gasteiger partial charge on any atom is -0.402 e. The van der Waals surface area contributed by atoms with E-state index in [0.29, 0.717) is 6.20 Å². The lowest BCUT2D eigenvalue weighted by atomic mass is 10.4. The summed E-state index contributed by atoms with van der Waals surface area (Å²) >= 11 is 0. The third kappa shape index (κ3) is 3.33. The second-order valence-electron chi connectivity index (χ2n) is 2.64. The first-order valence-corrected chi connectivity index (χ1v) is 5.97. The summed E-state index contributed by atoms with van der Waals surface area (Å²) in [4.78, 5) is 1.39. The van der Waals surface area contributed by atoms with Gasteiger partial charge in [0, 0.05) is 10.7 Å². The maximum atomic E-state index is 13.0. The summed E-state index contributed by atoms with van der Waals surface area (Å²) in [5.41, 5.74) is 3.90. The molecule has 0 aliphatic carbocycles. The molecule has 0 saturated carbocycles. The molecule has 0 aliphatic heterocycles. The van der Waals surface area contributed by atoms with Crippen LogP contribution in [0.15, 0.2) is 11.1 Å². The van der Waals surface area contributed by atoms with Crippen molar-refractivity contribution in [2.24, 2.45) is 0 Å². The van der Waals surface area contributed by atoms with Crippen molar-refractivity contribution in [3.63, 3.8) is 0 Å². The Morgan fingerprint density at radius 3 is 2.35 bits per heavy atom. The largest absolute Gasteiger partial charge is 0.573 e. The van der Waals surface area contributed by atoms with Gasteiger partial charge in [-0.2, -0.15) is 4.39 Å². The molecule has 5 nitrogen and oxygen atoms in total. The fraction of sp³-hybridized carbons (Fsp3) is 0.167.